The summed E-state index contributed by atoms with van der Waals surface area (Å²) in [5.74, 6) is -3.47. The fourth-order valence-corrected chi connectivity index (χ4v) is 4.36. The Morgan fingerprint density at radius 2 is 2.10 bits per heavy atom. The molecule has 0 bridgehead atoms. The molecule has 3 rings (SSSR count). The number of hydrogen-bond donors (Lipinski definition) is 1. The van der Waals surface area contributed by atoms with E-state index in [4.69, 9.17) is 0 Å². The Balaban J connectivity index is 1.84. The van der Waals surface area contributed by atoms with Crippen LogP contribution in [-0.2, 0) is 17.1 Å². The van der Waals surface area contributed by atoms with Gasteiger partial charge in [-0.3, -0.25) is 4.72 Å². The fraction of sp³-hybridized carbons (Fsp3) is 0.353. The van der Waals surface area contributed by atoms with Gasteiger partial charge in [-0.25, -0.2) is 18.7 Å². The Bertz CT molecular complexity index is 1130. The molecule has 31 heavy (non-hydrogen) atoms. The molecule has 1 N–H and O–H groups in total. The minimum atomic E-state index is -4.17. The maximum absolute atomic E-state index is 14.1. The molecule has 14 heteroatoms. The lowest BCUT2D eigenvalue weighted by atomic mass is 9.97. The number of hydrogen-bond acceptors (Lipinski definition) is 7. The first-order valence-electron chi connectivity index (χ1n) is 8.77. The van der Waals surface area contributed by atoms with Crippen molar-refractivity contribution in [1.82, 2.24) is 19.5 Å². The second kappa shape index (κ2) is 9.26. The first-order chi connectivity index (χ1) is 14.5. The van der Waals surface area contributed by atoms with E-state index in [-0.39, 0.29) is 27.3 Å². The predicted molar refractivity (Wildman–Crippen MR) is 105 cm³/mol. The molecular weight excluding hydrogens is 462 g/mol. The van der Waals surface area contributed by atoms with Crippen LogP contribution in [0.15, 0.2) is 52.1 Å². The molecule has 0 fully saturated rings. The number of nitrogens with zero attached hydrogens (tertiary/aromatic N) is 4. The van der Waals surface area contributed by atoms with Gasteiger partial charge in [0.05, 0.1) is 6.33 Å². The topological polar surface area (TPSA) is 99.0 Å². The zero-order valence-electron chi connectivity index (χ0n) is 16.2. The van der Waals surface area contributed by atoms with E-state index in [9.17, 15) is 26.0 Å². The highest BCUT2D eigenvalue weighted by atomic mass is 32.2. The van der Waals surface area contributed by atoms with E-state index in [0.717, 1.165) is 17.8 Å². The number of sulfonamides is 1. The molecule has 0 saturated carbocycles. The van der Waals surface area contributed by atoms with Crippen molar-refractivity contribution >= 4 is 27.6 Å². The Morgan fingerprint density at radius 1 is 1.35 bits per heavy atom. The van der Waals surface area contributed by atoms with E-state index >= 15 is 0 Å². The van der Waals surface area contributed by atoms with Crippen LogP contribution in [0.4, 0.5) is 23.4 Å². The molecule has 0 spiro atoms. The molecular formula is C17H17F4N5O3S2. The number of nitrogens with one attached hydrogen (secondary N) is 1. The van der Waals surface area contributed by atoms with Gasteiger partial charge in [-0.2, -0.15) is 22.2 Å². The number of ether oxygens (including phenoxy) is 1. The van der Waals surface area contributed by atoms with Gasteiger partial charge in [0.1, 0.15) is 11.6 Å². The highest BCUT2D eigenvalue weighted by Crippen LogP contribution is 2.34. The van der Waals surface area contributed by atoms with Gasteiger partial charge in [-0.1, -0.05) is 24.8 Å². The normalized spacial score (nSPS) is 17.1. The summed E-state index contributed by atoms with van der Waals surface area (Å²) in [5.41, 5.74) is 0.0694. The minimum Gasteiger partial charge on any atom is -0.417 e. The molecule has 1 aliphatic rings. The maximum Gasteiger partial charge on any atom is 0.388 e. The lowest BCUT2D eigenvalue weighted by molar-refractivity contribution is -0.0532. The van der Waals surface area contributed by atoms with Gasteiger partial charge < -0.3 is 9.30 Å². The van der Waals surface area contributed by atoms with Crippen molar-refractivity contribution in [3.05, 3.63) is 41.9 Å². The van der Waals surface area contributed by atoms with E-state index in [1.54, 1.807) is 14.0 Å². The number of imidazole rings is 1. The zero-order chi connectivity index (χ0) is 22.8. The molecule has 8 nitrogen and oxygen atoms in total. The average molecular weight is 479 g/mol. The third-order valence-electron chi connectivity index (χ3n) is 4.09. The number of rotatable bonds is 8. The second-order valence-corrected chi connectivity index (χ2v) is 9.12. The lowest BCUT2D eigenvalue weighted by Gasteiger charge is -2.16. The molecule has 0 radical (unpaired) electrons. The van der Waals surface area contributed by atoms with Crippen LogP contribution in [0.3, 0.4) is 0 Å². The zero-order valence-corrected chi connectivity index (χ0v) is 17.9. The first kappa shape index (κ1) is 23.1. The molecule has 2 aromatic heterocycles. The first-order valence-corrected chi connectivity index (χ1v) is 11.2. The average Bonchev–Trinajstić information content (AvgIpc) is 3.12. The van der Waals surface area contributed by atoms with Crippen molar-refractivity contribution < 1.29 is 30.7 Å². The van der Waals surface area contributed by atoms with Crippen molar-refractivity contribution in [3.8, 4) is 5.88 Å². The third kappa shape index (κ3) is 5.76. The number of allylic oxidation sites excluding steroid dienone is 3. The Labute approximate surface area is 179 Å². The number of alkyl halides is 2. The largest absolute Gasteiger partial charge is 0.417 e. The number of thioether (sulfide) groups is 1. The van der Waals surface area contributed by atoms with Crippen molar-refractivity contribution in [3.63, 3.8) is 0 Å². The summed E-state index contributed by atoms with van der Waals surface area (Å²) in [4.78, 5) is 11.4. The van der Waals surface area contributed by atoms with Crippen LogP contribution in [0.25, 0.3) is 0 Å². The van der Waals surface area contributed by atoms with Crippen molar-refractivity contribution in [2.45, 2.75) is 30.1 Å². The van der Waals surface area contributed by atoms with Gasteiger partial charge in [-0.15, -0.1) is 0 Å². The molecule has 168 valence electrons. The highest BCUT2D eigenvalue weighted by molar-refractivity contribution is 7.99. The molecule has 0 aromatic carbocycles. The van der Waals surface area contributed by atoms with Crippen LogP contribution in [0.2, 0.25) is 0 Å². The quantitative estimate of drug-likeness (QED) is 0.349. The van der Waals surface area contributed by atoms with E-state index in [0.29, 0.717) is 6.42 Å². The van der Waals surface area contributed by atoms with E-state index in [1.165, 1.54) is 23.2 Å². The summed E-state index contributed by atoms with van der Waals surface area (Å²) in [6.45, 7) is -1.67. The van der Waals surface area contributed by atoms with Crippen LogP contribution < -0.4 is 9.46 Å². The molecule has 1 unspecified atom stereocenters. The number of aryl methyl sites for hydroxylation is 1. The van der Waals surface area contributed by atoms with Crippen LogP contribution >= 0.6 is 11.8 Å². The van der Waals surface area contributed by atoms with E-state index in [1.807, 2.05) is 0 Å². The summed E-state index contributed by atoms with van der Waals surface area (Å²) in [7, 11) is -2.60. The molecule has 2 heterocycles. The molecule has 0 amide bonds. The van der Waals surface area contributed by atoms with Crippen LogP contribution in [0.5, 0.6) is 5.88 Å². The summed E-state index contributed by atoms with van der Waals surface area (Å²) in [6, 6.07) is 0.873. The predicted octanol–water partition coefficient (Wildman–Crippen LogP) is 3.82. The van der Waals surface area contributed by atoms with Crippen LogP contribution in [-0.4, -0.2) is 40.3 Å². The third-order valence-corrected chi connectivity index (χ3v) is 6.22. The molecule has 0 aliphatic heterocycles. The number of aromatic nitrogens is 4. The van der Waals surface area contributed by atoms with Gasteiger partial charge in [0.25, 0.3) is 10.0 Å². The van der Waals surface area contributed by atoms with Crippen molar-refractivity contribution in [2.75, 3.05) is 10.5 Å². The lowest BCUT2D eigenvalue weighted by Crippen LogP contribution is -2.15. The Kier molecular flexibility index (Phi) is 6.89. The van der Waals surface area contributed by atoms with E-state index in [2.05, 4.69) is 24.4 Å². The van der Waals surface area contributed by atoms with Gasteiger partial charge >= 0.3 is 6.61 Å². The van der Waals surface area contributed by atoms with Crippen molar-refractivity contribution in [1.29, 1.82) is 0 Å². The van der Waals surface area contributed by atoms with Gasteiger partial charge in [0.2, 0.25) is 5.88 Å². The molecule has 0 saturated heterocycles. The van der Waals surface area contributed by atoms with Gasteiger partial charge in [0.15, 0.2) is 16.0 Å². The number of anilines is 1. The Morgan fingerprint density at radius 3 is 2.74 bits per heavy atom. The minimum absolute atomic E-state index is 0.0694. The Hall–Kier alpha value is -2.61. The van der Waals surface area contributed by atoms with Crippen LogP contribution in [0, 0.1) is 5.92 Å². The standard InChI is InChI=1S/C17H17F4N5O3S2/c1-9-3-4-10(15(19)14(9)18)7-30-17-23-11(5-12(24-17)29-16(20)21)25-31(27,28)13-6-26(2)8-22-13/h4-6,8-9,16H,3,7H2,1-2H3,(H,23,24,25). The summed E-state index contributed by atoms with van der Waals surface area (Å²) < 4.78 is 85.8. The van der Waals surface area contributed by atoms with Crippen molar-refractivity contribution in [2.24, 2.45) is 13.0 Å². The van der Waals surface area contributed by atoms with Gasteiger partial charge in [-0.05, 0) is 12.0 Å². The SMILES string of the molecule is CC1CC=C(CSc2nc(NS(=O)(=O)c3cn(C)cn3)cc(OC(F)F)n2)C(F)=C1F. The maximum atomic E-state index is 14.1. The van der Waals surface area contributed by atoms with E-state index < -0.39 is 40.1 Å². The highest BCUT2D eigenvalue weighted by Gasteiger charge is 2.23. The monoisotopic (exact) mass is 479 g/mol. The molecule has 2 aromatic rings. The summed E-state index contributed by atoms with van der Waals surface area (Å²) >= 11 is 0.805. The fourth-order valence-electron chi connectivity index (χ4n) is 2.54. The van der Waals surface area contributed by atoms with Crippen LogP contribution in [0.1, 0.15) is 13.3 Å². The van der Waals surface area contributed by atoms with Gasteiger partial charge in [0, 0.05) is 31.0 Å². The summed E-state index contributed by atoms with van der Waals surface area (Å²) in [6.07, 6.45) is 4.33. The summed E-state index contributed by atoms with van der Waals surface area (Å²) in [5, 5.41) is -0.493. The second-order valence-electron chi connectivity index (χ2n) is 6.55. The number of halogens is 4. The molecule has 1 aliphatic carbocycles. The smallest absolute Gasteiger partial charge is 0.388 e. The molecule has 1 atom stereocenters.